The van der Waals surface area contributed by atoms with Gasteiger partial charge in [-0.3, -0.25) is 4.79 Å². The molecular formula is C29H26FN3O3. The van der Waals surface area contributed by atoms with Gasteiger partial charge in [0, 0.05) is 28.4 Å². The van der Waals surface area contributed by atoms with E-state index >= 15 is 0 Å². The monoisotopic (exact) mass is 483 g/mol. The van der Waals surface area contributed by atoms with Crippen LogP contribution in [0.25, 0.3) is 33.1 Å². The van der Waals surface area contributed by atoms with Gasteiger partial charge in [-0.2, -0.15) is 0 Å². The zero-order valence-electron chi connectivity index (χ0n) is 20.1. The molecule has 2 N–H and O–H groups in total. The number of nitrogens with one attached hydrogen (secondary N) is 2. The van der Waals surface area contributed by atoms with Crippen LogP contribution in [-0.2, 0) is 6.42 Å². The van der Waals surface area contributed by atoms with Crippen molar-refractivity contribution in [2.45, 2.75) is 13.3 Å². The van der Waals surface area contributed by atoms with Crippen LogP contribution in [0.2, 0.25) is 0 Å². The number of halogens is 1. The van der Waals surface area contributed by atoms with E-state index in [1.807, 2.05) is 55.5 Å². The maximum absolute atomic E-state index is 13.2. The minimum Gasteiger partial charge on any atom is -0.493 e. The third kappa shape index (κ3) is 4.60. The van der Waals surface area contributed by atoms with Crippen LogP contribution in [0.4, 0.5) is 4.39 Å². The van der Waals surface area contributed by atoms with E-state index in [2.05, 4.69) is 10.3 Å². The molecule has 0 saturated carbocycles. The number of rotatable bonds is 8. The fourth-order valence-corrected chi connectivity index (χ4v) is 4.32. The number of pyridine rings is 1. The molecular weight excluding hydrogens is 457 g/mol. The Morgan fingerprint density at radius 2 is 1.81 bits per heavy atom. The van der Waals surface area contributed by atoms with Crippen LogP contribution in [0.3, 0.4) is 0 Å². The molecule has 0 aliphatic heterocycles. The van der Waals surface area contributed by atoms with Gasteiger partial charge < -0.3 is 19.8 Å². The third-order valence-corrected chi connectivity index (χ3v) is 6.08. The van der Waals surface area contributed by atoms with Crippen molar-refractivity contribution in [3.05, 3.63) is 89.9 Å². The highest BCUT2D eigenvalue weighted by molar-refractivity contribution is 6.13. The van der Waals surface area contributed by atoms with E-state index in [4.69, 9.17) is 14.5 Å². The van der Waals surface area contributed by atoms with E-state index in [1.54, 1.807) is 19.2 Å². The minimum atomic E-state index is -0.280. The maximum atomic E-state index is 13.2. The van der Waals surface area contributed by atoms with Gasteiger partial charge in [0.25, 0.3) is 5.91 Å². The summed E-state index contributed by atoms with van der Waals surface area (Å²) >= 11 is 0. The summed E-state index contributed by atoms with van der Waals surface area (Å²) in [7, 11) is 1.60. The lowest BCUT2D eigenvalue weighted by Gasteiger charge is -2.12. The number of ether oxygens (including phenoxy) is 2. The lowest BCUT2D eigenvalue weighted by atomic mass is 10.1. The SMILES string of the molecule is CCOc1ccc(-c2nc(C(=O)NCCc3ccc(F)cc3)cc3c2[nH]c2ccccc23)cc1OC. The molecule has 6 nitrogen and oxygen atoms in total. The van der Waals surface area contributed by atoms with Gasteiger partial charge in [0.05, 0.1) is 24.9 Å². The minimum absolute atomic E-state index is 0.275. The first-order valence-electron chi connectivity index (χ1n) is 11.8. The average Bonchev–Trinajstić information content (AvgIpc) is 3.28. The first-order chi connectivity index (χ1) is 17.6. The highest BCUT2D eigenvalue weighted by Gasteiger charge is 2.18. The Labute approximate surface area is 208 Å². The third-order valence-electron chi connectivity index (χ3n) is 6.08. The molecule has 0 aliphatic carbocycles. The molecule has 182 valence electrons. The van der Waals surface area contributed by atoms with Gasteiger partial charge in [-0.05, 0) is 61.4 Å². The molecule has 5 rings (SSSR count). The van der Waals surface area contributed by atoms with Crippen molar-refractivity contribution in [3.63, 3.8) is 0 Å². The Balaban J connectivity index is 1.53. The molecule has 0 aliphatic rings. The van der Waals surface area contributed by atoms with Crippen LogP contribution in [-0.4, -0.2) is 36.1 Å². The summed E-state index contributed by atoms with van der Waals surface area (Å²) in [5.74, 6) is 0.682. The Morgan fingerprint density at radius 3 is 2.58 bits per heavy atom. The van der Waals surface area contributed by atoms with Crippen molar-refractivity contribution < 1.29 is 18.7 Å². The molecule has 36 heavy (non-hydrogen) atoms. The standard InChI is InChI=1S/C29H26FN3O3/c1-3-36-25-13-10-19(16-26(25)35-2)27-28-22(21-6-4-5-7-23(21)32-28)17-24(33-27)29(34)31-15-14-18-8-11-20(30)12-9-18/h4-13,16-17,32H,3,14-15H2,1-2H3,(H,31,34). The van der Waals surface area contributed by atoms with Crippen molar-refractivity contribution in [1.29, 1.82) is 0 Å². The topological polar surface area (TPSA) is 76.2 Å². The predicted molar refractivity (Wildman–Crippen MR) is 139 cm³/mol. The van der Waals surface area contributed by atoms with E-state index in [-0.39, 0.29) is 11.7 Å². The molecule has 0 unspecified atom stereocenters. The summed E-state index contributed by atoms with van der Waals surface area (Å²) in [4.78, 5) is 21.4. The maximum Gasteiger partial charge on any atom is 0.269 e. The number of aromatic amines is 1. The van der Waals surface area contributed by atoms with Crippen LogP contribution in [0, 0.1) is 5.82 Å². The van der Waals surface area contributed by atoms with Crippen molar-refractivity contribution in [1.82, 2.24) is 15.3 Å². The number of fused-ring (bicyclic) bond motifs is 3. The lowest BCUT2D eigenvalue weighted by molar-refractivity contribution is 0.0949. The largest absolute Gasteiger partial charge is 0.493 e. The Kier molecular flexibility index (Phi) is 6.54. The Hall–Kier alpha value is -4.39. The number of para-hydroxylation sites is 1. The molecule has 0 fully saturated rings. The molecule has 0 atom stereocenters. The van der Waals surface area contributed by atoms with Gasteiger partial charge in [-0.25, -0.2) is 9.37 Å². The number of methoxy groups -OCH3 is 1. The Bertz CT molecular complexity index is 1540. The van der Waals surface area contributed by atoms with Gasteiger partial charge in [0.15, 0.2) is 11.5 Å². The van der Waals surface area contributed by atoms with Crippen LogP contribution in [0.5, 0.6) is 11.5 Å². The number of hydrogen-bond donors (Lipinski definition) is 2. The zero-order chi connectivity index (χ0) is 25.1. The van der Waals surface area contributed by atoms with Crippen molar-refractivity contribution in [2.24, 2.45) is 0 Å². The number of hydrogen-bond acceptors (Lipinski definition) is 4. The van der Waals surface area contributed by atoms with Gasteiger partial charge in [0.2, 0.25) is 0 Å². The van der Waals surface area contributed by atoms with Crippen molar-refractivity contribution in [3.8, 4) is 22.8 Å². The lowest BCUT2D eigenvalue weighted by Crippen LogP contribution is -2.26. The quantitative estimate of drug-likeness (QED) is 0.288. The summed E-state index contributed by atoms with van der Waals surface area (Å²) in [5, 5.41) is 4.86. The number of aromatic nitrogens is 2. The van der Waals surface area contributed by atoms with Gasteiger partial charge >= 0.3 is 0 Å². The van der Waals surface area contributed by atoms with Crippen LogP contribution in [0.1, 0.15) is 23.0 Å². The van der Waals surface area contributed by atoms with E-state index in [0.717, 1.165) is 32.9 Å². The second kappa shape index (κ2) is 10.1. The highest BCUT2D eigenvalue weighted by atomic mass is 19.1. The van der Waals surface area contributed by atoms with E-state index < -0.39 is 0 Å². The molecule has 0 spiro atoms. The van der Waals surface area contributed by atoms with Crippen molar-refractivity contribution in [2.75, 3.05) is 20.3 Å². The van der Waals surface area contributed by atoms with Gasteiger partial charge in [-0.15, -0.1) is 0 Å². The van der Waals surface area contributed by atoms with E-state index in [1.165, 1.54) is 12.1 Å². The van der Waals surface area contributed by atoms with Crippen LogP contribution >= 0.6 is 0 Å². The predicted octanol–water partition coefficient (Wildman–Crippen LogP) is 5.90. The van der Waals surface area contributed by atoms with E-state index in [0.29, 0.717) is 42.5 Å². The highest BCUT2D eigenvalue weighted by Crippen LogP contribution is 2.36. The molecule has 0 bridgehead atoms. The number of H-pyrrole nitrogens is 1. The Morgan fingerprint density at radius 1 is 1.00 bits per heavy atom. The number of carbonyl (C=O) groups is 1. The summed E-state index contributed by atoms with van der Waals surface area (Å²) in [5.41, 5.74) is 4.50. The molecule has 3 aromatic carbocycles. The number of amides is 1. The molecule has 0 radical (unpaired) electrons. The molecule has 2 aromatic heterocycles. The first-order valence-corrected chi connectivity index (χ1v) is 11.8. The average molecular weight is 484 g/mol. The summed E-state index contributed by atoms with van der Waals surface area (Å²) in [6, 6.07) is 21.7. The van der Waals surface area contributed by atoms with Crippen molar-refractivity contribution >= 4 is 27.7 Å². The number of carbonyl (C=O) groups excluding carboxylic acids is 1. The van der Waals surface area contributed by atoms with Crippen LogP contribution in [0.15, 0.2) is 72.8 Å². The fourth-order valence-electron chi connectivity index (χ4n) is 4.32. The second-order valence-electron chi connectivity index (χ2n) is 8.38. The summed E-state index contributed by atoms with van der Waals surface area (Å²) < 4.78 is 24.4. The van der Waals surface area contributed by atoms with Gasteiger partial charge in [0.1, 0.15) is 11.5 Å². The smallest absolute Gasteiger partial charge is 0.269 e. The second-order valence-corrected chi connectivity index (χ2v) is 8.38. The normalized spacial score (nSPS) is 11.1. The zero-order valence-corrected chi connectivity index (χ0v) is 20.1. The molecule has 0 saturated heterocycles. The van der Waals surface area contributed by atoms with E-state index in [9.17, 15) is 9.18 Å². The number of benzene rings is 3. The molecule has 2 heterocycles. The van der Waals surface area contributed by atoms with Crippen LogP contribution < -0.4 is 14.8 Å². The molecule has 7 heteroatoms. The molecule has 5 aromatic rings. The summed E-state index contributed by atoms with van der Waals surface area (Å²) in [6.07, 6.45) is 0.588. The number of nitrogens with zero attached hydrogens (tertiary/aromatic N) is 1. The van der Waals surface area contributed by atoms with Gasteiger partial charge in [-0.1, -0.05) is 30.3 Å². The molecule has 1 amide bonds. The fraction of sp³-hybridized carbons (Fsp3) is 0.172. The first kappa shape index (κ1) is 23.4. The summed E-state index contributed by atoms with van der Waals surface area (Å²) in [6.45, 7) is 2.85.